The number of benzene rings is 1. The van der Waals surface area contributed by atoms with Crippen LogP contribution in [-0.4, -0.2) is 11.1 Å². The molecule has 13 heavy (non-hydrogen) atoms. The fraction of sp³-hybridized carbons (Fsp3) is 0.125. The van der Waals surface area contributed by atoms with Crippen LogP contribution in [0.25, 0.3) is 0 Å². The second-order valence-corrected chi connectivity index (χ2v) is 3.78. The number of aliphatic carboxylic acids is 1. The zero-order chi connectivity index (χ0) is 10.0. The van der Waals surface area contributed by atoms with Crippen molar-refractivity contribution in [1.29, 1.82) is 0 Å². The minimum absolute atomic E-state index is 0.123. The normalized spacial score (nSPS) is 10.0. The number of rotatable bonds is 2. The number of nitrogen functional groups attached to an aromatic ring is 1. The first-order chi connectivity index (χ1) is 6.00. The maximum Gasteiger partial charge on any atom is 0.307 e. The highest BCUT2D eigenvalue weighted by Gasteiger charge is 2.09. The lowest BCUT2D eigenvalue weighted by Gasteiger charge is -2.04. The number of carboxylic acids is 1. The van der Waals surface area contributed by atoms with E-state index in [9.17, 15) is 4.79 Å². The van der Waals surface area contributed by atoms with Gasteiger partial charge in [-0.25, -0.2) is 0 Å². The lowest BCUT2D eigenvalue weighted by Crippen LogP contribution is -2.01. The molecule has 5 heteroatoms. The van der Waals surface area contributed by atoms with Crippen molar-refractivity contribution >= 4 is 39.2 Å². The Morgan fingerprint density at radius 2 is 2.23 bits per heavy atom. The van der Waals surface area contributed by atoms with E-state index in [4.69, 9.17) is 22.4 Å². The van der Waals surface area contributed by atoms with Gasteiger partial charge >= 0.3 is 5.97 Å². The van der Waals surface area contributed by atoms with Crippen molar-refractivity contribution in [2.24, 2.45) is 0 Å². The fourth-order valence-electron chi connectivity index (χ4n) is 0.961. The molecule has 0 bridgehead atoms. The van der Waals surface area contributed by atoms with Crippen LogP contribution in [0.4, 0.5) is 5.69 Å². The highest BCUT2D eigenvalue weighted by atomic mass is 79.9. The van der Waals surface area contributed by atoms with E-state index in [1.54, 1.807) is 12.1 Å². The summed E-state index contributed by atoms with van der Waals surface area (Å²) in [5, 5.41) is 8.96. The molecule has 70 valence electrons. The van der Waals surface area contributed by atoms with E-state index in [1.165, 1.54) is 0 Å². The van der Waals surface area contributed by atoms with Gasteiger partial charge in [-0.05, 0) is 33.6 Å². The average Bonchev–Trinajstić information content (AvgIpc) is 1.98. The van der Waals surface area contributed by atoms with E-state index in [0.717, 1.165) is 0 Å². The lowest BCUT2D eigenvalue weighted by molar-refractivity contribution is -0.136. The van der Waals surface area contributed by atoms with Gasteiger partial charge in [-0.15, -0.1) is 0 Å². The van der Waals surface area contributed by atoms with E-state index in [2.05, 4.69) is 15.9 Å². The first kappa shape index (κ1) is 10.3. The summed E-state index contributed by atoms with van der Waals surface area (Å²) >= 11 is 9.03. The van der Waals surface area contributed by atoms with Gasteiger partial charge in [0.05, 0.1) is 11.4 Å². The molecule has 0 radical (unpaired) electrons. The van der Waals surface area contributed by atoms with Crippen molar-refractivity contribution in [3.05, 3.63) is 27.2 Å². The summed E-state index contributed by atoms with van der Waals surface area (Å²) in [6, 6.07) is 3.19. The van der Waals surface area contributed by atoms with Gasteiger partial charge in [0, 0.05) is 10.2 Å². The Bertz CT molecular complexity index is 354. The molecule has 0 spiro atoms. The summed E-state index contributed by atoms with van der Waals surface area (Å²) in [5.41, 5.74) is 6.53. The number of carboxylic acid groups (broad SMARTS) is 1. The zero-order valence-electron chi connectivity index (χ0n) is 6.55. The van der Waals surface area contributed by atoms with Crippen molar-refractivity contribution < 1.29 is 9.90 Å². The van der Waals surface area contributed by atoms with E-state index in [0.29, 0.717) is 20.7 Å². The molecule has 3 nitrogen and oxygen atoms in total. The second kappa shape index (κ2) is 3.98. The molecule has 0 saturated heterocycles. The molecule has 3 N–H and O–H groups in total. The molecule has 0 saturated carbocycles. The molecule has 1 aromatic rings. The van der Waals surface area contributed by atoms with Gasteiger partial charge in [-0.2, -0.15) is 0 Å². The first-order valence-electron chi connectivity index (χ1n) is 3.46. The van der Waals surface area contributed by atoms with Gasteiger partial charge < -0.3 is 10.8 Å². The van der Waals surface area contributed by atoms with Crippen LogP contribution < -0.4 is 5.73 Å². The third-order valence-electron chi connectivity index (χ3n) is 1.47. The zero-order valence-corrected chi connectivity index (χ0v) is 8.89. The molecule has 0 aliphatic rings. The van der Waals surface area contributed by atoms with Gasteiger partial charge in [-0.1, -0.05) is 11.6 Å². The minimum Gasteiger partial charge on any atom is -0.481 e. The standard InChI is InChI=1S/C8H7BrClNO2/c9-6-3-5(11)1-4(8(6)10)2-7(12)13/h1,3H,2,11H2,(H,12,13). The van der Waals surface area contributed by atoms with Crippen LogP contribution in [0.5, 0.6) is 0 Å². The maximum absolute atomic E-state index is 10.4. The van der Waals surface area contributed by atoms with Gasteiger partial charge in [0.2, 0.25) is 0 Å². The highest BCUT2D eigenvalue weighted by molar-refractivity contribution is 9.10. The summed E-state index contributed by atoms with van der Waals surface area (Å²) in [7, 11) is 0. The number of hydrogen-bond donors (Lipinski definition) is 2. The van der Waals surface area contributed by atoms with Crippen molar-refractivity contribution in [3.8, 4) is 0 Å². The minimum atomic E-state index is -0.931. The van der Waals surface area contributed by atoms with Crippen LogP contribution in [0.15, 0.2) is 16.6 Å². The number of anilines is 1. The molecule has 1 rings (SSSR count). The largest absolute Gasteiger partial charge is 0.481 e. The Balaban J connectivity index is 3.12. The van der Waals surface area contributed by atoms with Crippen LogP contribution in [0, 0.1) is 0 Å². The number of nitrogens with two attached hydrogens (primary N) is 1. The van der Waals surface area contributed by atoms with Crippen molar-refractivity contribution in [2.75, 3.05) is 5.73 Å². The topological polar surface area (TPSA) is 63.3 Å². The highest BCUT2D eigenvalue weighted by Crippen LogP contribution is 2.29. The number of carbonyl (C=O) groups is 1. The number of halogens is 2. The van der Waals surface area contributed by atoms with E-state index in [-0.39, 0.29) is 6.42 Å². The first-order valence-corrected chi connectivity index (χ1v) is 4.63. The molecule has 0 aliphatic carbocycles. The van der Waals surface area contributed by atoms with E-state index < -0.39 is 5.97 Å². The summed E-state index contributed by atoms with van der Waals surface area (Å²) < 4.78 is 0.616. The fourth-order valence-corrected chi connectivity index (χ4v) is 1.66. The number of hydrogen-bond acceptors (Lipinski definition) is 2. The Hall–Kier alpha value is -0.740. The van der Waals surface area contributed by atoms with Crippen LogP contribution >= 0.6 is 27.5 Å². The maximum atomic E-state index is 10.4. The molecule has 0 fully saturated rings. The van der Waals surface area contributed by atoms with Crippen LogP contribution in [-0.2, 0) is 11.2 Å². The van der Waals surface area contributed by atoms with Gasteiger partial charge in [0.1, 0.15) is 0 Å². The molecule has 0 heterocycles. The average molecular weight is 265 g/mol. The molecule has 0 unspecified atom stereocenters. The Kier molecular flexibility index (Phi) is 3.17. The summed E-state index contributed by atoms with van der Waals surface area (Å²) in [4.78, 5) is 10.4. The molecule has 0 aliphatic heterocycles. The lowest BCUT2D eigenvalue weighted by atomic mass is 10.1. The van der Waals surface area contributed by atoms with Gasteiger partial charge in [0.25, 0.3) is 0 Å². The molecular weight excluding hydrogens is 257 g/mol. The Morgan fingerprint density at radius 1 is 1.62 bits per heavy atom. The van der Waals surface area contributed by atoms with Crippen molar-refractivity contribution in [1.82, 2.24) is 0 Å². The van der Waals surface area contributed by atoms with Gasteiger partial charge in [0.15, 0.2) is 0 Å². The molecule has 0 amide bonds. The summed E-state index contributed by atoms with van der Waals surface area (Å²) in [6.07, 6.45) is -0.123. The van der Waals surface area contributed by atoms with Crippen molar-refractivity contribution in [3.63, 3.8) is 0 Å². The second-order valence-electron chi connectivity index (χ2n) is 2.55. The van der Waals surface area contributed by atoms with Crippen LogP contribution in [0.2, 0.25) is 5.02 Å². The predicted molar refractivity (Wildman–Crippen MR) is 54.9 cm³/mol. The Morgan fingerprint density at radius 3 is 2.77 bits per heavy atom. The monoisotopic (exact) mass is 263 g/mol. The molecule has 0 atom stereocenters. The summed E-state index contributed by atoms with van der Waals surface area (Å²) in [5.74, 6) is -0.931. The van der Waals surface area contributed by atoms with Crippen molar-refractivity contribution in [2.45, 2.75) is 6.42 Å². The van der Waals surface area contributed by atoms with E-state index in [1.807, 2.05) is 0 Å². The Labute approximate surface area is 88.6 Å². The van der Waals surface area contributed by atoms with Crippen LogP contribution in [0.3, 0.4) is 0 Å². The quantitative estimate of drug-likeness (QED) is 0.806. The third kappa shape index (κ3) is 2.60. The third-order valence-corrected chi connectivity index (χ3v) is 2.77. The molecule has 1 aromatic carbocycles. The van der Waals surface area contributed by atoms with Crippen LogP contribution in [0.1, 0.15) is 5.56 Å². The van der Waals surface area contributed by atoms with Gasteiger partial charge in [-0.3, -0.25) is 4.79 Å². The van der Waals surface area contributed by atoms with E-state index >= 15 is 0 Å². The smallest absolute Gasteiger partial charge is 0.307 e. The summed E-state index contributed by atoms with van der Waals surface area (Å²) in [6.45, 7) is 0. The molecular formula is C8H7BrClNO2. The SMILES string of the molecule is Nc1cc(Br)c(Cl)c(CC(=O)O)c1. The predicted octanol–water partition coefficient (Wildman–Crippen LogP) is 2.31. The molecule has 0 aromatic heterocycles.